The van der Waals surface area contributed by atoms with E-state index in [-0.39, 0.29) is 17.1 Å². The summed E-state index contributed by atoms with van der Waals surface area (Å²) in [4.78, 5) is 25.0. The Bertz CT molecular complexity index is 952. The van der Waals surface area contributed by atoms with Crippen LogP contribution in [0.25, 0.3) is 11.1 Å². The Balaban J connectivity index is 1.81. The van der Waals surface area contributed by atoms with Crippen LogP contribution in [-0.4, -0.2) is 41.0 Å². The standard InChI is InChI=1S/C20H18ClF3N2O4/c21-15-11-12(25-18(27)16-6-3-4-10-26(16)19(28)29)8-9-13(15)14-5-1-2-7-17(14)30-20(22,23)24/h1-2,5,7-9,11,16H,3-4,6,10H2,(H,25,27)(H,28,29). The second-order valence-electron chi connectivity index (χ2n) is 6.72. The van der Waals surface area contributed by atoms with Crippen LogP contribution in [0.5, 0.6) is 5.75 Å². The number of likely N-dealkylation sites (tertiary alicyclic amines) is 1. The van der Waals surface area contributed by atoms with Gasteiger partial charge in [-0.1, -0.05) is 35.9 Å². The summed E-state index contributed by atoms with van der Waals surface area (Å²) in [6.07, 6.45) is -4.18. The first-order valence-corrected chi connectivity index (χ1v) is 9.48. The first kappa shape index (κ1) is 21.8. The summed E-state index contributed by atoms with van der Waals surface area (Å²) in [7, 11) is 0. The van der Waals surface area contributed by atoms with E-state index >= 15 is 0 Å². The van der Waals surface area contributed by atoms with Gasteiger partial charge in [0, 0.05) is 23.4 Å². The van der Waals surface area contributed by atoms with Gasteiger partial charge in [0.15, 0.2) is 0 Å². The number of carboxylic acid groups (broad SMARTS) is 1. The van der Waals surface area contributed by atoms with Crippen molar-refractivity contribution in [3.05, 3.63) is 47.5 Å². The fraction of sp³-hybridized carbons (Fsp3) is 0.300. The van der Waals surface area contributed by atoms with E-state index in [9.17, 15) is 27.9 Å². The Morgan fingerprint density at radius 2 is 1.87 bits per heavy atom. The van der Waals surface area contributed by atoms with Crippen molar-refractivity contribution >= 4 is 29.3 Å². The monoisotopic (exact) mass is 442 g/mol. The van der Waals surface area contributed by atoms with Gasteiger partial charge < -0.3 is 15.2 Å². The van der Waals surface area contributed by atoms with Crippen molar-refractivity contribution in [2.24, 2.45) is 0 Å². The minimum atomic E-state index is -4.85. The van der Waals surface area contributed by atoms with E-state index in [2.05, 4.69) is 10.1 Å². The van der Waals surface area contributed by atoms with E-state index in [0.717, 1.165) is 11.3 Å². The first-order chi connectivity index (χ1) is 14.2. The molecule has 10 heteroatoms. The van der Waals surface area contributed by atoms with E-state index in [1.54, 1.807) is 6.07 Å². The predicted octanol–water partition coefficient (Wildman–Crippen LogP) is 5.38. The van der Waals surface area contributed by atoms with Crippen molar-refractivity contribution in [2.45, 2.75) is 31.7 Å². The highest BCUT2D eigenvalue weighted by molar-refractivity contribution is 6.33. The van der Waals surface area contributed by atoms with Gasteiger partial charge in [-0.2, -0.15) is 0 Å². The number of halogens is 4. The molecule has 2 aromatic carbocycles. The van der Waals surface area contributed by atoms with Gasteiger partial charge in [-0.15, -0.1) is 13.2 Å². The highest BCUT2D eigenvalue weighted by atomic mass is 35.5. The average molecular weight is 443 g/mol. The van der Waals surface area contributed by atoms with Gasteiger partial charge >= 0.3 is 12.5 Å². The second kappa shape index (κ2) is 8.83. The van der Waals surface area contributed by atoms with E-state index in [0.29, 0.717) is 24.1 Å². The lowest BCUT2D eigenvalue weighted by molar-refractivity contribution is -0.274. The number of hydrogen-bond donors (Lipinski definition) is 2. The molecule has 0 aliphatic carbocycles. The maximum absolute atomic E-state index is 12.7. The van der Waals surface area contributed by atoms with Gasteiger partial charge in [-0.3, -0.25) is 9.69 Å². The maximum atomic E-state index is 12.7. The molecule has 6 nitrogen and oxygen atoms in total. The van der Waals surface area contributed by atoms with Gasteiger partial charge in [0.2, 0.25) is 5.91 Å². The predicted molar refractivity (Wildman–Crippen MR) is 105 cm³/mol. The third kappa shape index (κ3) is 5.15. The first-order valence-electron chi connectivity index (χ1n) is 9.11. The van der Waals surface area contributed by atoms with Gasteiger partial charge in [0.25, 0.3) is 0 Å². The number of para-hydroxylation sites is 1. The van der Waals surface area contributed by atoms with Crippen molar-refractivity contribution in [1.29, 1.82) is 0 Å². The number of anilines is 1. The number of nitrogens with one attached hydrogen (secondary N) is 1. The molecule has 0 radical (unpaired) electrons. The summed E-state index contributed by atoms with van der Waals surface area (Å²) in [6.45, 7) is 0.281. The number of benzene rings is 2. The summed E-state index contributed by atoms with van der Waals surface area (Å²) in [5, 5.41) is 12.0. The largest absolute Gasteiger partial charge is 0.573 e. The number of carbonyl (C=O) groups excluding carboxylic acids is 1. The number of nitrogens with zero attached hydrogens (tertiary/aromatic N) is 1. The van der Waals surface area contributed by atoms with E-state index in [4.69, 9.17) is 11.6 Å². The molecule has 1 aliphatic rings. The van der Waals surface area contributed by atoms with E-state index in [1.165, 1.54) is 36.4 Å². The smallest absolute Gasteiger partial charge is 0.465 e. The molecule has 3 rings (SSSR count). The van der Waals surface area contributed by atoms with Crippen LogP contribution in [0, 0.1) is 0 Å². The van der Waals surface area contributed by atoms with Crippen LogP contribution < -0.4 is 10.1 Å². The van der Waals surface area contributed by atoms with Gasteiger partial charge in [0.1, 0.15) is 11.8 Å². The molecular formula is C20H18ClF3N2O4. The minimum absolute atomic E-state index is 0.102. The van der Waals surface area contributed by atoms with Crippen molar-refractivity contribution in [3.63, 3.8) is 0 Å². The fourth-order valence-electron chi connectivity index (χ4n) is 3.37. The van der Waals surface area contributed by atoms with E-state index in [1.807, 2.05) is 0 Å². The quantitative estimate of drug-likeness (QED) is 0.666. The molecule has 1 aliphatic heterocycles. The summed E-state index contributed by atoms with van der Waals surface area (Å²) in [5.74, 6) is -0.885. The van der Waals surface area contributed by atoms with Crippen LogP contribution in [0.4, 0.5) is 23.7 Å². The molecule has 0 spiro atoms. The van der Waals surface area contributed by atoms with Crippen LogP contribution in [0.1, 0.15) is 19.3 Å². The Kier molecular flexibility index (Phi) is 6.40. The summed E-state index contributed by atoms with van der Waals surface area (Å²) in [6, 6.07) is 9.11. The van der Waals surface area contributed by atoms with Crippen LogP contribution >= 0.6 is 11.6 Å². The molecule has 2 aromatic rings. The molecule has 2 amide bonds. The van der Waals surface area contributed by atoms with Crippen LogP contribution in [0.15, 0.2) is 42.5 Å². The van der Waals surface area contributed by atoms with Crippen molar-refractivity contribution in [2.75, 3.05) is 11.9 Å². The number of carbonyl (C=O) groups is 2. The highest BCUT2D eigenvalue weighted by Crippen LogP contribution is 2.38. The summed E-state index contributed by atoms with van der Waals surface area (Å²) in [5.41, 5.74) is 0.736. The number of hydrogen-bond acceptors (Lipinski definition) is 3. The lowest BCUT2D eigenvalue weighted by Gasteiger charge is -2.32. The Morgan fingerprint density at radius 3 is 2.53 bits per heavy atom. The highest BCUT2D eigenvalue weighted by Gasteiger charge is 2.33. The fourth-order valence-corrected chi connectivity index (χ4v) is 3.66. The number of rotatable bonds is 4. The molecule has 1 atom stereocenters. The maximum Gasteiger partial charge on any atom is 0.573 e. The third-order valence-electron chi connectivity index (χ3n) is 4.69. The van der Waals surface area contributed by atoms with Crippen molar-refractivity contribution < 1.29 is 32.6 Å². The number of piperidine rings is 1. The number of amides is 2. The zero-order valence-electron chi connectivity index (χ0n) is 15.6. The second-order valence-corrected chi connectivity index (χ2v) is 7.12. The molecule has 1 unspecified atom stereocenters. The molecule has 0 saturated carbocycles. The molecule has 1 saturated heterocycles. The van der Waals surface area contributed by atoms with Gasteiger partial charge in [-0.25, -0.2) is 4.79 Å². The Labute approximate surface area is 175 Å². The molecular weight excluding hydrogens is 425 g/mol. The van der Waals surface area contributed by atoms with Crippen LogP contribution in [-0.2, 0) is 4.79 Å². The average Bonchev–Trinajstić information content (AvgIpc) is 2.67. The molecule has 0 aromatic heterocycles. The molecule has 1 heterocycles. The third-order valence-corrected chi connectivity index (χ3v) is 5.00. The zero-order chi connectivity index (χ0) is 21.9. The molecule has 160 valence electrons. The SMILES string of the molecule is O=C(Nc1ccc(-c2ccccc2OC(F)(F)F)c(Cl)c1)C1CCCCN1C(=O)O. The number of alkyl halides is 3. The Hall–Kier alpha value is -2.94. The van der Waals surface area contributed by atoms with Crippen LogP contribution in [0.3, 0.4) is 0 Å². The van der Waals surface area contributed by atoms with E-state index < -0.39 is 30.2 Å². The topological polar surface area (TPSA) is 78.9 Å². The zero-order valence-corrected chi connectivity index (χ0v) is 16.3. The van der Waals surface area contributed by atoms with Crippen molar-refractivity contribution in [1.82, 2.24) is 4.90 Å². The molecule has 30 heavy (non-hydrogen) atoms. The molecule has 0 bridgehead atoms. The normalized spacial score (nSPS) is 16.8. The lowest BCUT2D eigenvalue weighted by Crippen LogP contribution is -2.49. The Morgan fingerprint density at radius 1 is 1.13 bits per heavy atom. The lowest BCUT2D eigenvalue weighted by atomic mass is 10.0. The van der Waals surface area contributed by atoms with Gasteiger partial charge in [-0.05, 0) is 37.5 Å². The number of ether oxygens (including phenoxy) is 1. The van der Waals surface area contributed by atoms with Gasteiger partial charge in [0.05, 0.1) is 5.02 Å². The summed E-state index contributed by atoms with van der Waals surface area (Å²) >= 11 is 6.26. The summed E-state index contributed by atoms with van der Waals surface area (Å²) < 4.78 is 42.0. The van der Waals surface area contributed by atoms with Crippen molar-refractivity contribution in [3.8, 4) is 16.9 Å². The molecule has 2 N–H and O–H groups in total. The van der Waals surface area contributed by atoms with Crippen LogP contribution in [0.2, 0.25) is 5.02 Å². The molecule has 1 fully saturated rings. The minimum Gasteiger partial charge on any atom is -0.465 e.